The van der Waals surface area contributed by atoms with Crippen LogP contribution in [-0.2, 0) is 26.8 Å². The van der Waals surface area contributed by atoms with Gasteiger partial charge in [0.1, 0.15) is 0 Å². The van der Waals surface area contributed by atoms with Gasteiger partial charge in [-0.15, -0.1) is 0 Å². The zero-order valence-electron chi connectivity index (χ0n) is 25.9. The van der Waals surface area contributed by atoms with E-state index in [1.54, 1.807) is 11.8 Å². The third-order valence-corrected chi connectivity index (χ3v) is 11.4. The van der Waals surface area contributed by atoms with Crippen LogP contribution in [-0.4, -0.2) is 43.5 Å². The molecule has 5 rings (SSSR count). The van der Waals surface area contributed by atoms with Crippen molar-refractivity contribution in [2.75, 3.05) is 17.2 Å². The molecule has 0 spiro atoms. The van der Waals surface area contributed by atoms with E-state index in [9.17, 15) is 25.9 Å². The van der Waals surface area contributed by atoms with Crippen molar-refractivity contribution >= 4 is 65.6 Å². The van der Waals surface area contributed by atoms with Crippen molar-refractivity contribution in [1.82, 2.24) is 0 Å². The van der Waals surface area contributed by atoms with Gasteiger partial charge in [0.15, 0.2) is 6.54 Å². The van der Waals surface area contributed by atoms with Gasteiger partial charge in [0, 0.05) is 17.9 Å². The highest BCUT2D eigenvalue weighted by molar-refractivity contribution is 8.03. The molecule has 0 fully saturated rings. The van der Waals surface area contributed by atoms with Crippen molar-refractivity contribution < 1.29 is 34.9 Å². The van der Waals surface area contributed by atoms with Gasteiger partial charge in [-0.3, -0.25) is 9.11 Å². The van der Waals surface area contributed by atoms with E-state index in [2.05, 4.69) is 43.9 Å². The fourth-order valence-electron chi connectivity index (χ4n) is 5.47. The molecule has 1 aliphatic heterocycles. The molecule has 2 N–H and O–H groups in total. The van der Waals surface area contributed by atoms with Gasteiger partial charge in [-0.25, -0.2) is 0 Å². The summed E-state index contributed by atoms with van der Waals surface area (Å²) < 4.78 is 73.5. The topological polar surface area (TPSA) is 129 Å². The summed E-state index contributed by atoms with van der Waals surface area (Å²) in [5.74, 6) is 0.300. The number of aryl methyl sites for hydroxylation is 3. The molecule has 0 amide bonds. The molecular formula is C33H39N2O7S3+. The lowest BCUT2D eigenvalue weighted by Gasteiger charge is -2.21. The molecule has 12 heteroatoms. The first-order valence-electron chi connectivity index (χ1n) is 15.0. The third kappa shape index (κ3) is 7.63. The first-order valence-corrected chi connectivity index (χ1v) is 18.9. The lowest BCUT2D eigenvalue weighted by atomic mass is 10.1. The van der Waals surface area contributed by atoms with E-state index in [1.165, 1.54) is 18.1 Å². The number of nitrogens with zero attached hydrogens (tertiary/aromatic N) is 2. The van der Waals surface area contributed by atoms with Crippen molar-refractivity contribution in [3.05, 3.63) is 82.2 Å². The smallest absolute Gasteiger partial charge is 0.374 e. The first-order chi connectivity index (χ1) is 21.2. The van der Waals surface area contributed by atoms with Crippen LogP contribution in [0.5, 0.6) is 0 Å². The molecule has 4 aromatic rings. The number of hydrogen-bond donors (Lipinski definition) is 2. The van der Waals surface area contributed by atoms with Crippen molar-refractivity contribution in [3.8, 4) is 0 Å². The summed E-state index contributed by atoms with van der Waals surface area (Å²) in [6.45, 7) is 8.62. The summed E-state index contributed by atoms with van der Waals surface area (Å²) in [6, 6.07) is 16.2. The van der Waals surface area contributed by atoms with Crippen LogP contribution in [0.25, 0.3) is 27.9 Å². The molecule has 0 bridgehead atoms. The lowest BCUT2D eigenvalue weighted by Crippen LogP contribution is -2.38. The molecule has 0 radical (unpaired) electrons. The van der Waals surface area contributed by atoms with E-state index >= 15 is 0 Å². The quantitative estimate of drug-likeness (QED) is 0.0923. The summed E-state index contributed by atoms with van der Waals surface area (Å²) in [5, 5.41) is 2.08. The van der Waals surface area contributed by atoms with Gasteiger partial charge in [-0.05, 0) is 92.5 Å². The Hall–Kier alpha value is -3.16. The number of aromatic nitrogens is 1. The highest BCUT2D eigenvalue weighted by Gasteiger charge is 2.29. The molecule has 45 heavy (non-hydrogen) atoms. The van der Waals surface area contributed by atoms with Crippen LogP contribution >= 0.6 is 11.8 Å². The van der Waals surface area contributed by atoms with Gasteiger partial charge in [0.25, 0.3) is 25.8 Å². The minimum atomic E-state index is -4.19. The predicted molar refractivity (Wildman–Crippen MR) is 181 cm³/mol. The van der Waals surface area contributed by atoms with Gasteiger partial charge >= 0.3 is 5.89 Å². The number of thioether (sulfide) groups is 1. The zero-order valence-corrected chi connectivity index (χ0v) is 28.3. The number of allylic oxidation sites excluding steroid dienone is 2. The lowest BCUT2D eigenvalue weighted by molar-refractivity contribution is -0.677. The van der Waals surface area contributed by atoms with Crippen molar-refractivity contribution in [1.29, 1.82) is 0 Å². The van der Waals surface area contributed by atoms with Crippen LogP contribution < -0.4 is 9.47 Å². The Kier molecular flexibility index (Phi) is 9.81. The number of rotatable bonds is 12. The Bertz CT molecular complexity index is 2030. The molecular weight excluding hydrogens is 633 g/mol. The Morgan fingerprint density at radius 3 is 2.49 bits per heavy atom. The van der Waals surface area contributed by atoms with Crippen molar-refractivity contribution in [2.45, 2.75) is 70.1 Å². The highest BCUT2D eigenvalue weighted by atomic mass is 32.2. The van der Waals surface area contributed by atoms with Gasteiger partial charge in [-0.1, -0.05) is 43.0 Å². The second-order valence-electron chi connectivity index (χ2n) is 11.5. The summed E-state index contributed by atoms with van der Waals surface area (Å²) in [4.78, 5) is 3.33. The summed E-state index contributed by atoms with van der Waals surface area (Å²) in [5.41, 5.74) is 5.95. The van der Waals surface area contributed by atoms with Gasteiger partial charge in [-0.2, -0.15) is 21.4 Å². The molecule has 1 aromatic heterocycles. The second-order valence-corrected chi connectivity index (χ2v) is 16.0. The summed E-state index contributed by atoms with van der Waals surface area (Å²) in [6.07, 6.45) is 5.92. The molecule has 2 heterocycles. The van der Waals surface area contributed by atoms with E-state index in [-0.39, 0.29) is 12.2 Å². The number of benzene rings is 3. The molecule has 1 atom stereocenters. The average molecular weight is 672 g/mol. The number of fused-ring (bicyclic) bond motifs is 4. The van der Waals surface area contributed by atoms with Crippen LogP contribution in [0.15, 0.2) is 74.5 Å². The zero-order chi connectivity index (χ0) is 32.5. The van der Waals surface area contributed by atoms with Crippen LogP contribution in [0.2, 0.25) is 0 Å². The SMILES string of the molecule is CCC(/C=C1\Sc2cc(C)c(C)cc2N1CCCCS(=O)(=O)O)=C\c1oc2ccc3ccccc3c2[n+]1CCC(C)S(=O)(=O)O. The average Bonchev–Trinajstić information content (AvgIpc) is 3.49. The van der Waals surface area contributed by atoms with Crippen LogP contribution in [0, 0.1) is 13.8 Å². The number of anilines is 1. The van der Waals surface area contributed by atoms with Gasteiger partial charge < -0.3 is 9.32 Å². The molecule has 0 aliphatic carbocycles. The Balaban J connectivity index is 1.56. The monoisotopic (exact) mass is 671 g/mol. The van der Waals surface area contributed by atoms with Gasteiger partial charge in [0.2, 0.25) is 5.58 Å². The Morgan fingerprint density at radius 1 is 1.04 bits per heavy atom. The minimum Gasteiger partial charge on any atom is -0.398 e. The standard InChI is InChI=1S/C33H38N2O7S3/c1-5-25(21-32-34(15-8-9-17-44(36,37)38)28-18-22(2)23(3)19-30(28)43-32)20-31-35(16-14-24(4)45(39,40)41)33-27-11-7-6-10-26(27)12-13-29(33)42-31/h6-7,10-13,18-21,24H,5,8-9,14-17H2,1-4H3,(H-,36,37,38,39,40,41)/p+1. The number of unbranched alkanes of at least 4 members (excludes halogenated alkanes) is 1. The highest BCUT2D eigenvalue weighted by Crippen LogP contribution is 2.47. The maximum absolute atomic E-state index is 11.8. The normalized spacial score (nSPS) is 15.8. The van der Waals surface area contributed by atoms with Crippen molar-refractivity contribution in [2.24, 2.45) is 0 Å². The van der Waals surface area contributed by atoms with Crippen LogP contribution in [0.3, 0.4) is 0 Å². The van der Waals surface area contributed by atoms with E-state index in [1.807, 2.05) is 47.0 Å². The minimum absolute atomic E-state index is 0.200. The maximum atomic E-state index is 11.8. The van der Waals surface area contributed by atoms with Crippen LogP contribution in [0.1, 0.15) is 56.5 Å². The van der Waals surface area contributed by atoms with Gasteiger partial charge in [0.05, 0.1) is 33.2 Å². The number of hydrogen-bond acceptors (Lipinski definition) is 7. The largest absolute Gasteiger partial charge is 0.398 e. The third-order valence-electron chi connectivity index (χ3n) is 8.29. The Morgan fingerprint density at radius 2 is 1.78 bits per heavy atom. The molecule has 1 aliphatic rings. The Labute approximate surface area is 269 Å². The molecule has 3 aromatic carbocycles. The predicted octanol–water partition coefficient (Wildman–Crippen LogP) is 7.07. The molecule has 0 saturated heterocycles. The molecule has 9 nitrogen and oxygen atoms in total. The van der Waals surface area contributed by atoms with E-state index in [0.717, 1.165) is 37.5 Å². The van der Waals surface area contributed by atoms with E-state index < -0.39 is 25.5 Å². The van der Waals surface area contributed by atoms with E-state index in [0.29, 0.717) is 43.8 Å². The van der Waals surface area contributed by atoms with Crippen LogP contribution in [0.4, 0.5) is 5.69 Å². The number of oxazole rings is 1. The van der Waals surface area contributed by atoms with Crippen molar-refractivity contribution in [3.63, 3.8) is 0 Å². The summed E-state index contributed by atoms with van der Waals surface area (Å²) in [7, 11) is -8.21. The molecule has 240 valence electrons. The second kappa shape index (κ2) is 13.3. The molecule has 1 unspecified atom stereocenters. The molecule has 0 saturated carbocycles. The fraction of sp³-hybridized carbons (Fsp3) is 0.364. The fourth-order valence-corrected chi connectivity index (χ4v) is 7.69. The van der Waals surface area contributed by atoms with E-state index in [4.69, 9.17) is 4.42 Å². The maximum Gasteiger partial charge on any atom is 0.374 e. The first kappa shape index (κ1) is 33.2. The summed E-state index contributed by atoms with van der Waals surface area (Å²) >= 11 is 1.66.